The summed E-state index contributed by atoms with van der Waals surface area (Å²) < 4.78 is 0. The Morgan fingerprint density at radius 1 is 0.895 bits per heavy atom. The first kappa shape index (κ1) is 15.9. The molecule has 0 aliphatic heterocycles. The van der Waals surface area contributed by atoms with Crippen LogP contribution in [0.4, 0.5) is 5.82 Å². The van der Waals surface area contributed by atoms with E-state index in [0.717, 1.165) is 5.69 Å². The second kappa shape index (κ2) is 9.76. The number of hydrogen-bond acceptors (Lipinski definition) is 3. The van der Waals surface area contributed by atoms with Gasteiger partial charge in [0.1, 0.15) is 5.82 Å². The number of hydrogen-bond donors (Lipinski definition) is 1. The van der Waals surface area contributed by atoms with Crippen LogP contribution < -0.4 is 5.73 Å². The summed E-state index contributed by atoms with van der Waals surface area (Å²) in [4.78, 5) is 0. The zero-order valence-electron chi connectivity index (χ0n) is 12.6. The largest absolute Gasteiger partial charge is 0.382 e. The summed E-state index contributed by atoms with van der Waals surface area (Å²) in [6.45, 7) is 4.50. The maximum Gasteiger partial charge on any atom is 0.146 e. The molecule has 1 heterocycles. The van der Waals surface area contributed by atoms with Gasteiger partial charge in [0, 0.05) is 5.92 Å². The lowest BCUT2D eigenvalue weighted by atomic mass is 9.92. The molecule has 1 unspecified atom stereocenters. The molecule has 0 spiro atoms. The molecule has 0 amide bonds. The van der Waals surface area contributed by atoms with Crippen molar-refractivity contribution in [3.05, 3.63) is 17.8 Å². The van der Waals surface area contributed by atoms with Crippen molar-refractivity contribution in [1.82, 2.24) is 10.2 Å². The SMILES string of the molecule is CCCCCCC(CCCCC)c1ccc(N)nn1. The van der Waals surface area contributed by atoms with Crippen LogP contribution in [-0.2, 0) is 0 Å². The molecule has 1 atom stereocenters. The van der Waals surface area contributed by atoms with Crippen molar-refractivity contribution in [2.45, 2.75) is 77.6 Å². The van der Waals surface area contributed by atoms with E-state index in [4.69, 9.17) is 5.73 Å². The molecule has 0 aromatic carbocycles. The summed E-state index contributed by atoms with van der Waals surface area (Å²) in [6.07, 6.45) is 11.6. The number of nitrogens with zero attached hydrogens (tertiary/aromatic N) is 2. The lowest BCUT2D eigenvalue weighted by molar-refractivity contribution is 0.490. The van der Waals surface area contributed by atoms with Crippen LogP contribution in [0.2, 0.25) is 0 Å². The minimum absolute atomic E-state index is 0.516. The van der Waals surface area contributed by atoms with Crippen molar-refractivity contribution >= 4 is 5.82 Å². The smallest absolute Gasteiger partial charge is 0.146 e. The normalized spacial score (nSPS) is 12.5. The molecule has 1 rings (SSSR count). The third-order valence-corrected chi connectivity index (χ3v) is 3.69. The van der Waals surface area contributed by atoms with Crippen LogP contribution in [0.5, 0.6) is 0 Å². The molecule has 2 N–H and O–H groups in total. The van der Waals surface area contributed by atoms with Gasteiger partial charge in [-0.3, -0.25) is 0 Å². The number of rotatable bonds is 10. The van der Waals surface area contributed by atoms with E-state index in [9.17, 15) is 0 Å². The van der Waals surface area contributed by atoms with Gasteiger partial charge >= 0.3 is 0 Å². The Balaban J connectivity index is 2.49. The second-order valence-corrected chi connectivity index (χ2v) is 5.43. The summed E-state index contributed by atoms with van der Waals surface area (Å²) in [6, 6.07) is 3.93. The van der Waals surface area contributed by atoms with Crippen molar-refractivity contribution in [3.63, 3.8) is 0 Å². The van der Waals surface area contributed by atoms with Crippen LogP contribution in [0, 0.1) is 0 Å². The topological polar surface area (TPSA) is 51.8 Å². The van der Waals surface area contributed by atoms with E-state index >= 15 is 0 Å². The monoisotopic (exact) mass is 263 g/mol. The molecule has 108 valence electrons. The Kier molecular flexibility index (Phi) is 8.19. The fourth-order valence-corrected chi connectivity index (χ4v) is 2.47. The minimum atomic E-state index is 0.516. The van der Waals surface area contributed by atoms with Crippen molar-refractivity contribution < 1.29 is 0 Å². The highest BCUT2D eigenvalue weighted by atomic mass is 15.1. The first-order valence-corrected chi connectivity index (χ1v) is 7.87. The van der Waals surface area contributed by atoms with Gasteiger partial charge in [0.05, 0.1) is 5.69 Å². The van der Waals surface area contributed by atoms with Crippen LogP contribution in [0.25, 0.3) is 0 Å². The number of anilines is 1. The number of unbranched alkanes of at least 4 members (excludes halogenated alkanes) is 5. The minimum Gasteiger partial charge on any atom is -0.382 e. The van der Waals surface area contributed by atoms with Crippen molar-refractivity contribution in [2.75, 3.05) is 5.73 Å². The molecule has 19 heavy (non-hydrogen) atoms. The quantitative estimate of drug-likeness (QED) is 0.623. The summed E-state index contributed by atoms with van der Waals surface area (Å²) >= 11 is 0. The lowest BCUT2D eigenvalue weighted by Gasteiger charge is -2.15. The van der Waals surface area contributed by atoms with Gasteiger partial charge in [-0.1, -0.05) is 58.8 Å². The van der Waals surface area contributed by atoms with Crippen LogP contribution in [0.1, 0.15) is 83.2 Å². The molecular formula is C16H29N3. The number of nitrogen functional groups attached to an aromatic ring is 1. The van der Waals surface area contributed by atoms with E-state index in [2.05, 4.69) is 30.1 Å². The molecular weight excluding hydrogens is 234 g/mol. The molecule has 0 radical (unpaired) electrons. The predicted octanol–water partition coefficient (Wildman–Crippen LogP) is 4.69. The number of nitrogens with two attached hydrogens (primary N) is 1. The zero-order valence-corrected chi connectivity index (χ0v) is 12.6. The molecule has 1 aromatic heterocycles. The molecule has 1 aromatic rings. The fraction of sp³-hybridized carbons (Fsp3) is 0.750. The van der Waals surface area contributed by atoms with Crippen LogP contribution >= 0.6 is 0 Å². The van der Waals surface area contributed by atoms with Crippen molar-refractivity contribution in [1.29, 1.82) is 0 Å². The Bertz CT molecular complexity index is 321. The van der Waals surface area contributed by atoms with Gasteiger partial charge in [-0.15, -0.1) is 5.10 Å². The third kappa shape index (κ3) is 6.55. The summed E-state index contributed by atoms with van der Waals surface area (Å²) in [5.41, 5.74) is 6.74. The van der Waals surface area contributed by atoms with Gasteiger partial charge in [0.15, 0.2) is 0 Å². The van der Waals surface area contributed by atoms with Gasteiger partial charge in [-0.05, 0) is 25.0 Å². The molecule has 0 saturated carbocycles. The lowest BCUT2D eigenvalue weighted by Crippen LogP contribution is -2.05. The highest BCUT2D eigenvalue weighted by Crippen LogP contribution is 2.26. The second-order valence-electron chi connectivity index (χ2n) is 5.43. The van der Waals surface area contributed by atoms with E-state index in [1.165, 1.54) is 57.8 Å². The standard InChI is InChI=1S/C16H29N3/c1-3-5-7-9-11-14(10-8-6-4-2)15-12-13-16(17)19-18-15/h12-14H,3-11H2,1-2H3,(H2,17,19). The molecule has 0 fully saturated rings. The maximum atomic E-state index is 5.61. The molecule has 3 nitrogen and oxygen atoms in total. The Morgan fingerprint density at radius 2 is 1.53 bits per heavy atom. The third-order valence-electron chi connectivity index (χ3n) is 3.69. The summed E-state index contributed by atoms with van der Waals surface area (Å²) in [5, 5.41) is 8.28. The van der Waals surface area contributed by atoms with Crippen molar-refractivity contribution in [2.24, 2.45) is 0 Å². The van der Waals surface area contributed by atoms with Gasteiger partial charge < -0.3 is 5.73 Å². The summed E-state index contributed by atoms with van der Waals surface area (Å²) in [5.74, 6) is 1.08. The van der Waals surface area contributed by atoms with E-state index in [0.29, 0.717) is 11.7 Å². The molecule has 0 bridgehead atoms. The van der Waals surface area contributed by atoms with Gasteiger partial charge in [0.25, 0.3) is 0 Å². The summed E-state index contributed by atoms with van der Waals surface area (Å²) in [7, 11) is 0. The van der Waals surface area contributed by atoms with Gasteiger partial charge in [-0.25, -0.2) is 0 Å². The van der Waals surface area contributed by atoms with E-state index in [1.54, 1.807) is 0 Å². The number of aromatic nitrogens is 2. The van der Waals surface area contributed by atoms with Gasteiger partial charge in [-0.2, -0.15) is 5.10 Å². The van der Waals surface area contributed by atoms with Crippen molar-refractivity contribution in [3.8, 4) is 0 Å². The van der Waals surface area contributed by atoms with Gasteiger partial charge in [0.2, 0.25) is 0 Å². The highest BCUT2D eigenvalue weighted by molar-refractivity contribution is 5.26. The fourth-order valence-electron chi connectivity index (χ4n) is 2.47. The Labute approximate surface area is 118 Å². The van der Waals surface area contributed by atoms with E-state index in [-0.39, 0.29) is 0 Å². The first-order valence-electron chi connectivity index (χ1n) is 7.87. The average molecular weight is 263 g/mol. The van der Waals surface area contributed by atoms with Crippen LogP contribution in [0.15, 0.2) is 12.1 Å². The molecule has 0 aliphatic rings. The highest BCUT2D eigenvalue weighted by Gasteiger charge is 2.13. The zero-order chi connectivity index (χ0) is 13.9. The van der Waals surface area contributed by atoms with E-state index in [1.807, 2.05) is 6.07 Å². The molecule has 0 aliphatic carbocycles. The maximum absolute atomic E-state index is 5.61. The predicted molar refractivity (Wildman–Crippen MR) is 82.1 cm³/mol. The molecule has 0 saturated heterocycles. The Morgan fingerprint density at radius 3 is 2.11 bits per heavy atom. The first-order chi connectivity index (χ1) is 9.27. The Hall–Kier alpha value is -1.12. The van der Waals surface area contributed by atoms with Crippen LogP contribution in [-0.4, -0.2) is 10.2 Å². The average Bonchev–Trinajstić information content (AvgIpc) is 2.43. The van der Waals surface area contributed by atoms with Crippen LogP contribution in [0.3, 0.4) is 0 Å². The van der Waals surface area contributed by atoms with E-state index < -0.39 is 0 Å². The molecule has 3 heteroatoms.